The molecule has 0 aliphatic heterocycles. The van der Waals surface area contributed by atoms with Crippen molar-refractivity contribution in [3.63, 3.8) is 0 Å². The number of tetrazole rings is 1. The quantitative estimate of drug-likeness (QED) is 0.779. The fourth-order valence-corrected chi connectivity index (χ4v) is 6.37. The largest absolute Gasteiger partial charge is 0.457 e. The molecule has 4 aliphatic carbocycles. The number of nitrogens with zero attached hydrogens (tertiary/aromatic N) is 4. The standard InChI is InChI=1S/C21H25N5O3/c1-14(27)22-21-10-15-7-16(11-21)9-20(8-15,13-21)19(28)29-12-18-23-24-25-26(18)17-5-3-2-4-6-17/h2-6,15-16H,7-13H2,1H3,(H,22,27). The van der Waals surface area contributed by atoms with Crippen molar-refractivity contribution in [2.45, 2.75) is 57.6 Å². The van der Waals surface area contributed by atoms with Gasteiger partial charge in [0, 0.05) is 12.5 Å². The Morgan fingerprint density at radius 1 is 1.17 bits per heavy atom. The highest BCUT2D eigenvalue weighted by Gasteiger charge is 2.61. The Bertz CT molecular complexity index is 927. The molecule has 1 aromatic carbocycles. The summed E-state index contributed by atoms with van der Waals surface area (Å²) in [5.41, 5.74) is 0.0703. The summed E-state index contributed by atoms with van der Waals surface area (Å²) in [6, 6.07) is 9.54. The lowest BCUT2D eigenvalue weighted by atomic mass is 9.47. The van der Waals surface area contributed by atoms with E-state index in [1.54, 1.807) is 11.6 Å². The zero-order valence-electron chi connectivity index (χ0n) is 16.5. The second-order valence-electron chi connectivity index (χ2n) is 9.12. The molecule has 152 valence electrons. The molecule has 4 bridgehead atoms. The fraction of sp³-hybridized carbons (Fsp3) is 0.571. The van der Waals surface area contributed by atoms with Crippen LogP contribution in [0.4, 0.5) is 0 Å². The van der Waals surface area contributed by atoms with Gasteiger partial charge in [-0.15, -0.1) is 5.10 Å². The molecule has 8 heteroatoms. The fourth-order valence-electron chi connectivity index (χ4n) is 6.37. The second-order valence-corrected chi connectivity index (χ2v) is 9.12. The first-order valence-corrected chi connectivity index (χ1v) is 10.3. The molecule has 1 amide bonds. The Balaban J connectivity index is 1.33. The van der Waals surface area contributed by atoms with Crippen molar-refractivity contribution in [3.8, 4) is 5.69 Å². The average Bonchev–Trinajstić information content (AvgIpc) is 3.13. The van der Waals surface area contributed by atoms with E-state index < -0.39 is 5.41 Å². The number of nitrogens with one attached hydrogen (secondary N) is 1. The van der Waals surface area contributed by atoms with Crippen LogP contribution in [0, 0.1) is 17.3 Å². The van der Waals surface area contributed by atoms with Gasteiger partial charge in [-0.05, 0) is 72.9 Å². The molecule has 4 fully saturated rings. The molecule has 8 nitrogen and oxygen atoms in total. The van der Waals surface area contributed by atoms with Gasteiger partial charge in [0.05, 0.1) is 11.1 Å². The van der Waals surface area contributed by atoms with Crippen LogP contribution >= 0.6 is 0 Å². The summed E-state index contributed by atoms with van der Waals surface area (Å²) in [5, 5.41) is 15.0. The van der Waals surface area contributed by atoms with Crippen LogP contribution in [0.1, 0.15) is 51.3 Å². The van der Waals surface area contributed by atoms with Crippen LogP contribution in [0.25, 0.3) is 5.69 Å². The lowest BCUT2D eigenvalue weighted by molar-refractivity contribution is -0.177. The molecule has 6 rings (SSSR count). The number of amides is 1. The normalized spacial score (nSPS) is 32.2. The third-order valence-corrected chi connectivity index (χ3v) is 6.80. The predicted molar refractivity (Wildman–Crippen MR) is 103 cm³/mol. The van der Waals surface area contributed by atoms with Gasteiger partial charge in [-0.3, -0.25) is 9.59 Å². The van der Waals surface area contributed by atoms with Gasteiger partial charge in [0.15, 0.2) is 12.4 Å². The SMILES string of the molecule is CC(=O)NC12CC3CC(C1)CC(C(=O)OCc1nnnn1-c1ccccc1)(C3)C2. The van der Waals surface area contributed by atoms with Crippen LogP contribution < -0.4 is 5.32 Å². The van der Waals surface area contributed by atoms with Gasteiger partial charge in [0.2, 0.25) is 5.91 Å². The van der Waals surface area contributed by atoms with Crippen molar-refractivity contribution >= 4 is 11.9 Å². The Morgan fingerprint density at radius 3 is 2.59 bits per heavy atom. The number of aromatic nitrogens is 4. The molecule has 2 unspecified atom stereocenters. The zero-order valence-corrected chi connectivity index (χ0v) is 16.5. The molecular weight excluding hydrogens is 370 g/mol. The first-order valence-electron chi connectivity index (χ1n) is 10.3. The molecule has 4 saturated carbocycles. The summed E-state index contributed by atoms with van der Waals surface area (Å²) in [6.07, 6.45) is 5.49. The van der Waals surface area contributed by atoms with Gasteiger partial charge in [0.1, 0.15) is 0 Å². The van der Waals surface area contributed by atoms with Crippen molar-refractivity contribution in [3.05, 3.63) is 36.2 Å². The molecule has 29 heavy (non-hydrogen) atoms. The lowest BCUT2D eigenvalue weighted by Crippen LogP contribution is -2.64. The first kappa shape index (κ1) is 18.3. The summed E-state index contributed by atoms with van der Waals surface area (Å²) in [7, 11) is 0. The predicted octanol–water partition coefficient (Wildman–Crippen LogP) is 2.18. The van der Waals surface area contributed by atoms with Crippen LogP contribution in [-0.4, -0.2) is 37.6 Å². The minimum atomic E-state index is -0.502. The number of carbonyl (C=O) groups is 2. The van der Waals surface area contributed by atoms with Crippen molar-refractivity contribution in [2.75, 3.05) is 0 Å². The van der Waals surface area contributed by atoms with Gasteiger partial charge in [-0.25, -0.2) is 0 Å². The molecule has 1 N–H and O–H groups in total. The van der Waals surface area contributed by atoms with Crippen molar-refractivity contribution < 1.29 is 14.3 Å². The number of rotatable bonds is 5. The van der Waals surface area contributed by atoms with Crippen LogP contribution in [0.3, 0.4) is 0 Å². The number of benzene rings is 1. The van der Waals surface area contributed by atoms with Crippen LogP contribution in [-0.2, 0) is 20.9 Å². The van der Waals surface area contributed by atoms with Gasteiger partial charge >= 0.3 is 5.97 Å². The van der Waals surface area contributed by atoms with Crippen LogP contribution in [0.15, 0.2) is 30.3 Å². The van der Waals surface area contributed by atoms with E-state index in [9.17, 15) is 9.59 Å². The number of ether oxygens (including phenoxy) is 1. The smallest absolute Gasteiger partial charge is 0.312 e. The summed E-state index contributed by atoms with van der Waals surface area (Å²) in [6.45, 7) is 1.60. The molecule has 0 saturated heterocycles. The van der Waals surface area contributed by atoms with E-state index in [1.807, 2.05) is 30.3 Å². The zero-order chi connectivity index (χ0) is 20.1. The number of para-hydroxylation sites is 1. The van der Waals surface area contributed by atoms with E-state index in [0.717, 1.165) is 37.8 Å². The Labute approximate surface area is 169 Å². The number of hydrogen-bond donors (Lipinski definition) is 1. The maximum Gasteiger partial charge on any atom is 0.312 e. The lowest BCUT2D eigenvalue weighted by Gasteiger charge is -2.60. The topological polar surface area (TPSA) is 99.0 Å². The highest BCUT2D eigenvalue weighted by molar-refractivity contribution is 5.79. The van der Waals surface area contributed by atoms with Crippen molar-refractivity contribution in [2.24, 2.45) is 17.3 Å². The molecule has 4 aliphatic rings. The van der Waals surface area contributed by atoms with E-state index in [1.165, 1.54) is 0 Å². The third-order valence-electron chi connectivity index (χ3n) is 6.80. The summed E-state index contributed by atoms with van der Waals surface area (Å²) in [4.78, 5) is 25.1. The minimum Gasteiger partial charge on any atom is -0.457 e. The Hall–Kier alpha value is -2.77. The number of carbonyl (C=O) groups excluding carboxylic acids is 2. The number of esters is 1. The van der Waals surface area contributed by atoms with Gasteiger partial charge in [0.25, 0.3) is 0 Å². The van der Waals surface area contributed by atoms with E-state index in [-0.39, 0.29) is 24.0 Å². The van der Waals surface area contributed by atoms with Gasteiger partial charge in [-0.1, -0.05) is 18.2 Å². The van der Waals surface area contributed by atoms with E-state index >= 15 is 0 Å². The molecular formula is C21H25N5O3. The van der Waals surface area contributed by atoms with Gasteiger partial charge in [-0.2, -0.15) is 4.68 Å². The number of hydrogen-bond acceptors (Lipinski definition) is 6. The van der Waals surface area contributed by atoms with E-state index in [0.29, 0.717) is 24.1 Å². The molecule has 2 atom stereocenters. The van der Waals surface area contributed by atoms with Crippen LogP contribution in [0.5, 0.6) is 0 Å². The van der Waals surface area contributed by atoms with E-state index in [2.05, 4.69) is 20.8 Å². The first-order chi connectivity index (χ1) is 14.0. The Kier molecular flexibility index (Phi) is 4.18. The summed E-state index contributed by atoms with van der Waals surface area (Å²) >= 11 is 0. The van der Waals surface area contributed by atoms with E-state index in [4.69, 9.17) is 4.74 Å². The maximum absolute atomic E-state index is 13.3. The molecule has 0 spiro atoms. The van der Waals surface area contributed by atoms with Crippen molar-refractivity contribution in [1.82, 2.24) is 25.5 Å². The average molecular weight is 395 g/mol. The molecule has 1 heterocycles. The third kappa shape index (κ3) is 3.20. The monoisotopic (exact) mass is 395 g/mol. The van der Waals surface area contributed by atoms with Gasteiger partial charge < -0.3 is 10.1 Å². The molecule has 2 aromatic rings. The maximum atomic E-state index is 13.3. The summed E-state index contributed by atoms with van der Waals surface area (Å²) < 4.78 is 7.36. The second kappa shape index (κ2) is 6.64. The highest BCUT2D eigenvalue weighted by Crippen LogP contribution is 2.62. The molecule has 1 aromatic heterocycles. The molecule has 0 radical (unpaired) electrons. The van der Waals surface area contributed by atoms with Crippen molar-refractivity contribution in [1.29, 1.82) is 0 Å². The summed E-state index contributed by atoms with van der Waals surface area (Å²) in [5.74, 6) is 1.25. The minimum absolute atomic E-state index is 0.0162. The Morgan fingerprint density at radius 2 is 1.90 bits per heavy atom. The highest BCUT2D eigenvalue weighted by atomic mass is 16.5. The van der Waals surface area contributed by atoms with Crippen LogP contribution in [0.2, 0.25) is 0 Å².